The van der Waals surface area contributed by atoms with E-state index >= 15 is 0 Å². The molecule has 0 aliphatic carbocycles. The number of hydrogen-bond donors (Lipinski definition) is 0. The van der Waals surface area contributed by atoms with Gasteiger partial charge >= 0.3 is 0 Å². The van der Waals surface area contributed by atoms with Crippen LogP contribution >= 0.6 is 0 Å². The zero-order valence-electron chi connectivity index (χ0n) is 40.0. The van der Waals surface area contributed by atoms with Crippen molar-refractivity contribution in [2.75, 3.05) is 19.6 Å². The minimum absolute atomic E-state index is 0.804. The topological polar surface area (TPSA) is 3.24 Å². The Morgan fingerprint density at radius 2 is 0.709 bits per heavy atom. The zero-order valence-corrected chi connectivity index (χ0v) is 40.0. The summed E-state index contributed by atoms with van der Waals surface area (Å²) in [6.45, 7) is 28.6. The zero-order chi connectivity index (χ0) is 40.9. The molecule has 0 saturated heterocycles. The Morgan fingerprint density at radius 1 is 0.382 bits per heavy atom. The molecule has 0 bridgehead atoms. The molecule has 0 heterocycles. The van der Waals surface area contributed by atoms with Gasteiger partial charge in [0.25, 0.3) is 0 Å². The molecule has 0 radical (unpaired) electrons. The van der Waals surface area contributed by atoms with Gasteiger partial charge in [-0.05, 0) is 89.8 Å². The van der Waals surface area contributed by atoms with Crippen LogP contribution in [0.2, 0.25) is 0 Å². The van der Waals surface area contributed by atoms with Gasteiger partial charge < -0.3 is 4.90 Å². The van der Waals surface area contributed by atoms with E-state index in [4.69, 9.17) is 0 Å². The standard InChI is InChI=1S/C42H83N.C12H26/c1-8-10-12-14-16-18-20-26-32-42(33-27-21-19-17-15-13-11-9-2)38-41(7)31-25-23-29-36-43(37-34-40(5)6)35-28-22-24-30-39(3)4;1-3-5-7-9-11-12-10-8-6-4-2/h40,42H,3,7-38H2,1-2,4-6H3;3-12H2,1-2H3. The van der Waals surface area contributed by atoms with Gasteiger partial charge in [0.05, 0.1) is 0 Å². The van der Waals surface area contributed by atoms with E-state index < -0.39 is 0 Å². The first-order valence-electron chi connectivity index (χ1n) is 25.8. The summed E-state index contributed by atoms with van der Waals surface area (Å²) in [7, 11) is 0. The summed E-state index contributed by atoms with van der Waals surface area (Å²) in [5, 5.41) is 0. The average molecular weight is 772 g/mol. The van der Waals surface area contributed by atoms with Gasteiger partial charge in [-0.2, -0.15) is 0 Å². The van der Waals surface area contributed by atoms with Gasteiger partial charge in [-0.1, -0.05) is 252 Å². The molecule has 55 heavy (non-hydrogen) atoms. The Morgan fingerprint density at radius 3 is 1.05 bits per heavy atom. The maximum Gasteiger partial charge on any atom is -0.00163 e. The second-order valence-electron chi connectivity index (χ2n) is 18.8. The van der Waals surface area contributed by atoms with Gasteiger partial charge in [-0.15, -0.1) is 6.58 Å². The van der Waals surface area contributed by atoms with Crippen molar-refractivity contribution in [2.45, 2.75) is 292 Å². The molecule has 0 atom stereocenters. The van der Waals surface area contributed by atoms with Crippen molar-refractivity contribution in [1.29, 1.82) is 0 Å². The van der Waals surface area contributed by atoms with Gasteiger partial charge in [0, 0.05) is 0 Å². The third kappa shape index (κ3) is 49.5. The summed E-state index contributed by atoms with van der Waals surface area (Å²) < 4.78 is 0. The quantitative estimate of drug-likeness (QED) is 0.0440. The van der Waals surface area contributed by atoms with E-state index in [1.807, 2.05) is 0 Å². The molecule has 1 heteroatoms. The highest BCUT2D eigenvalue weighted by Crippen LogP contribution is 2.27. The van der Waals surface area contributed by atoms with E-state index in [9.17, 15) is 0 Å². The van der Waals surface area contributed by atoms with Crippen molar-refractivity contribution in [3.05, 3.63) is 24.3 Å². The Kier molecular flexibility index (Phi) is 49.1. The van der Waals surface area contributed by atoms with Crippen molar-refractivity contribution < 1.29 is 0 Å². The number of nitrogens with zero attached hydrogens (tertiary/aromatic N) is 1. The Balaban J connectivity index is 0. The molecule has 0 rings (SSSR count). The minimum Gasteiger partial charge on any atom is -0.303 e. The molecule has 1 nitrogen and oxygen atoms in total. The summed E-state index contributed by atoms with van der Waals surface area (Å²) in [6.07, 6.45) is 53.5. The van der Waals surface area contributed by atoms with E-state index in [1.165, 1.54) is 269 Å². The van der Waals surface area contributed by atoms with Crippen LogP contribution in [-0.4, -0.2) is 24.5 Å². The van der Waals surface area contributed by atoms with Crippen LogP contribution in [0.4, 0.5) is 0 Å². The molecule has 0 unspecified atom stereocenters. The lowest BCUT2D eigenvalue weighted by atomic mass is 9.87. The van der Waals surface area contributed by atoms with Crippen LogP contribution in [0.1, 0.15) is 292 Å². The maximum atomic E-state index is 4.60. The number of hydrogen-bond acceptors (Lipinski definition) is 1. The molecule has 0 fully saturated rings. The summed E-state index contributed by atoms with van der Waals surface area (Å²) in [6, 6.07) is 0. The summed E-state index contributed by atoms with van der Waals surface area (Å²) in [5.74, 6) is 1.70. The fourth-order valence-corrected chi connectivity index (χ4v) is 8.16. The highest BCUT2D eigenvalue weighted by molar-refractivity contribution is 4.95. The second-order valence-corrected chi connectivity index (χ2v) is 18.8. The van der Waals surface area contributed by atoms with Crippen molar-refractivity contribution in [2.24, 2.45) is 11.8 Å². The van der Waals surface area contributed by atoms with E-state index in [-0.39, 0.29) is 0 Å². The number of rotatable bonds is 44. The van der Waals surface area contributed by atoms with Gasteiger partial charge in [-0.25, -0.2) is 0 Å². The lowest BCUT2D eigenvalue weighted by Crippen LogP contribution is -2.28. The van der Waals surface area contributed by atoms with Gasteiger partial charge in [0.2, 0.25) is 0 Å². The smallest absolute Gasteiger partial charge is 0.00163 e. The van der Waals surface area contributed by atoms with Gasteiger partial charge in [0.15, 0.2) is 0 Å². The Labute approximate surface area is 351 Å². The van der Waals surface area contributed by atoms with Crippen LogP contribution in [0.5, 0.6) is 0 Å². The van der Waals surface area contributed by atoms with Crippen LogP contribution in [0.25, 0.3) is 0 Å². The van der Waals surface area contributed by atoms with E-state index in [0.717, 1.165) is 11.8 Å². The van der Waals surface area contributed by atoms with Gasteiger partial charge in [-0.3, -0.25) is 0 Å². The largest absolute Gasteiger partial charge is 0.303 e. The van der Waals surface area contributed by atoms with Crippen LogP contribution in [0.15, 0.2) is 24.3 Å². The Hall–Kier alpha value is -0.560. The first-order chi connectivity index (χ1) is 26.8. The van der Waals surface area contributed by atoms with Crippen molar-refractivity contribution in [3.8, 4) is 0 Å². The fraction of sp³-hybridized carbons (Fsp3) is 0.926. The number of allylic oxidation sites excluding steroid dienone is 2. The maximum absolute atomic E-state index is 4.60. The third-order valence-corrected chi connectivity index (χ3v) is 12.1. The molecule has 0 N–H and O–H groups in total. The van der Waals surface area contributed by atoms with Crippen LogP contribution in [-0.2, 0) is 0 Å². The lowest BCUT2D eigenvalue weighted by Gasteiger charge is -2.23. The lowest BCUT2D eigenvalue weighted by molar-refractivity contribution is 0.246. The highest BCUT2D eigenvalue weighted by atomic mass is 15.1. The number of unbranched alkanes of at least 4 members (excludes halogenated alkanes) is 27. The fourth-order valence-electron chi connectivity index (χ4n) is 8.16. The summed E-state index contributed by atoms with van der Waals surface area (Å²) in [5.41, 5.74) is 2.89. The van der Waals surface area contributed by atoms with Crippen molar-refractivity contribution in [1.82, 2.24) is 4.90 Å². The molecule has 0 amide bonds. The van der Waals surface area contributed by atoms with Gasteiger partial charge in [0.1, 0.15) is 0 Å². The molecule has 0 spiro atoms. The predicted molar refractivity (Wildman–Crippen MR) is 257 cm³/mol. The second kappa shape index (κ2) is 47.8. The van der Waals surface area contributed by atoms with Crippen LogP contribution in [0, 0.1) is 11.8 Å². The first kappa shape index (κ1) is 56.5. The normalized spacial score (nSPS) is 11.5. The molecular formula is C54H109N. The highest BCUT2D eigenvalue weighted by Gasteiger charge is 2.12. The van der Waals surface area contributed by atoms with E-state index in [1.54, 1.807) is 5.57 Å². The predicted octanol–water partition coefficient (Wildman–Crippen LogP) is 19.6. The van der Waals surface area contributed by atoms with E-state index in [0.29, 0.717) is 0 Å². The molecule has 0 aliphatic heterocycles. The monoisotopic (exact) mass is 772 g/mol. The van der Waals surface area contributed by atoms with E-state index in [2.05, 4.69) is 66.5 Å². The molecule has 0 aliphatic rings. The molecular weight excluding hydrogens is 663 g/mol. The average Bonchev–Trinajstić information content (AvgIpc) is 3.16. The van der Waals surface area contributed by atoms with Crippen LogP contribution < -0.4 is 0 Å². The third-order valence-electron chi connectivity index (χ3n) is 12.1. The van der Waals surface area contributed by atoms with Crippen LogP contribution in [0.3, 0.4) is 0 Å². The first-order valence-corrected chi connectivity index (χ1v) is 25.8. The van der Waals surface area contributed by atoms with Crippen molar-refractivity contribution in [3.63, 3.8) is 0 Å². The Bertz CT molecular complexity index is 706. The summed E-state index contributed by atoms with van der Waals surface area (Å²) in [4.78, 5) is 2.76. The minimum atomic E-state index is 0.804. The molecule has 330 valence electrons. The van der Waals surface area contributed by atoms with Crippen molar-refractivity contribution >= 4 is 0 Å². The summed E-state index contributed by atoms with van der Waals surface area (Å²) >= 11 is 0. The SMILES string of the molecule is C=C(C)CCCCCN(CCCCCC(=C)CC(CCCCCCCCCC)CCCCCCCCCC)CCC(C)C.CCCCCCCCCCCC. The molecule has 0 aromatic heterocycles. The molecule has 0 saturated carbocycles. The molecule has 0 aromatic carbocycles. The molecule has 0 aromatic rings.